The predicted molar refractivity (Wildman–Crippen MR) is 99.8 cm³/mol. The molecule has 0 heterocycles. The van der Waals surface area contributed by atoms with Gasteiger partial charge in [0.15, 0.2) is 0 Å². The lowest BCUT2D eigenvalue weighted by Gasteiger charge is -2.35. The molecule has 3 N–H and O–H groups in total. The van der Waals surface area contributed by atoms with E-state index in [2.05, 4.69) is 53.6 Å². The largest absolute Gasteiger partial charge is 0.326 e. The second-order valence-corrected chi connectivity index (χ2v) is 10.1. The Bertz CT molecular complexity index is 601. The number of hydrogen-bond donors (Lipinski definition) is 2. The van der Waals surface area contributed by atoms with E-state index >= 15 is 0 Å². The van der Waals surface area contributed by atoms with Gasteiger partial charge in [0.05, 0.1) is 6.19 Å². The smallest absolute Gasteiger partial charge is 0.0687 e. The minimum Gasteiger partial charge on any atom is -0.326 e. The first-order valence-electron chi connectivity index (χ1n) is 7.95. The fraction of sp³-hybridized carbons (Fsp3) is 0.333. The lowest BCUT2D eigenvalue weighted by atomic mass is 9.92. The summed E-state index contributed by atoms with van der Waals surface area (Å²) in [5, 5.41) is 6.25. The van der Waals surface area contributed by atoms with Crippen LogP contribution in [0, 0.1) is 0 Å². The van der Waals surface area contributed by atoms with Gasteiger partial charge in [-0.2, -0.15) is 0 Å². The Morgan fingerprint density at radius 2 is 1.36 bits per heavy atom. The van der Waals surface area contributed by atoms with E-state index in [1.165, 1.54) is 23.5 Å². The van der Waals surface area contributed by atoms with E-state index in [1.54, 1.807) is 0 Å². The molecule has 0 saturated heterocycles. The summed E-state index contributed by atoms with van der Waals surface area (Å²) in [6.45, 7) is 0. The molecule has 22 heavy (non-hydrogen) atoms. The van der Waals surface area contributed by atoms with Crippen molar-refractivity contribution in [2.24, 2.45) is 5.73 Å². The molecule has 1 aliphatic carbocycles. The van der Waals surface area contributed by atoms with Gasteiger partial charge in [-0.25, -0.2) is 0 Å². The van der Waals surface area contributed by atoms with Crippen LogP contribution in [0.4, 0.5) is 0 Å². The van der Waals surface area contributed by atoms with E-state index < -0.39 is 6.19 Å². The van der Waals surface area contributed by atoms with E-state index in [4.69, 9.17) is 17.5 Å². The third-order valence-corrected chi connectivity index (χ3v) is 8.73. The molecule has 1 saturated carbocycles. The third kappa shape index (κ3) is 3.33. The Hall–Kier alpha value is -0.990. The highest BCUT2D eigenvalue weighted by molar-refractivity contribution is 8.20. The monoisotopic (exact) mass is 330 g/mol. The Morgan fingerprint density at radius 3 is 1.86 bits per heavy atom. The maximum absolute atomic E-state index is 6.35. The Labute approximate surface area is 138 Å². The molecule has 0 aromatic heterocycles. The van der Waals surface area contributed by atoms with Crippen LogP contribution in [0.5, 0.6) is 0 Å². The molecule has 2 aromatic rings. The Kier molecular flexibility index (Phi) is 5.10. The van der Waals surface area contributed by atoms with Crippen molar-refractivity contribution in [2.45, 2.75) is 37.8 Å². The molecule has 2 aromatic carbocycles. The zero-order valence-corrected chi connectivity index (χ0v) is 14.4. The highest BCUT2D eigenvalue weighted by Gasteiger charge is 2.29. The maximum atomic E-state index is 6.35. The molecule has 0 radical (unpaired) electrons. The van der Waals surface area contributed by atoms with Gasteiger partial charge in [0.25, 0.3) is 0 Å². The zero-order chi connectivity index (χ0) is 15.4. The molecular formula is C18H23N2PS. The normalized spacial score (nSPS) is 22.4. The molecule has 2 atom stereocenters. The second-order valence-electron chi connectivity index (χ2n) is 5.96. The van der Waals surface area contributed by atoms with Gasteiger partial charge in [-0.1, -0.05) is 85.3 Å². The van der Waals surface area contributed by atoms with E-state index in [9.17, 15) is 0 Å². The number of rotatable bonds is 4. The van der Waals surface area contributed by atoms with Gasteiger partial charge in [0.2, 0.25) is 0 Å². The van der Waals surface area contributed by atoms with Gasteiger partial charge in [0, 0.05) is 22.7 Å². The summed E-state index contributed by atoms with van der Waals surface area (Å²) < 4.78 is 0. The molecule has 3 rings (SSSR count). The van der Waals surface area contributed by atoms with Crippen LogP contribution < -0.4 is 21.4 Å². The molecule has 2 nitrogen and oxygen atoms in total. The number of benzene rings is 2. The number of nitrogens with one attached hydrogen (secondary N) is 1. The van der Waals surface area contributed by atoms with Crippen LogP contribution in [0.3, 0.4) is 0 Å². The summed E-state index contributed by atoms with van der Waals surface area (Å²) in [6.07, 6.45) is 2.67. The highest BCUT2D eigenvalue weighted by Crippen LogP contribution is 2.41. The van der Waals surface area contributed by atoms with Gasteiger partial charge in [0.1, 0.15) is 0 Å². The molecule has 1 fully saturated rings. The van der Waals surface area contributed by atoms with E-state index in [0.29, 0.717) is 6.04 Å². The summed E-state index contributed by atoms with van der Waals surface area (Å²) in [7, 11) is 0. The van der Waals surface area contributed by atoms with Crippen LogP contribution in [0.1, 0.15) is 25.7 Å². The summed E-state index contributed by atoms with van der Waals surface area (Å²) in [5.41, 5.74) is 6.35. The summed E-state index contributed by atoms with van der Waals surface area (Å²) >= 11 is 6.21. The first-order valence-corrected chi connectivity index (χ1v) is 10.7. The fourth-order valence-corrected chi connectivity index (χ4v) is 6.83. The van der Waals surface area contributed by atoms with Crippen molar-refractivity contribution in [1.82, 2.24) is 5.09 Å². The fourth-order valence-electron chi connectivity index (χ4n) is 3.13. The van der Waals surface area contributed by atoms with Gasteiger partial charge >= 0.3 is 0 Å². The molecule has 0 amide bonds. The van der Waals surface area contributed by atoms with Crippen molar-refractivity contribution >= 4 is 28.6 Å². The highest BCUT2D eigenvalue weighted by atomic mass is 32.4. The SMILES string of the molecule is N[C@@H]1CCCC[C@H]1NP(=S)(c1ccccc1)c1ccccc1. The lowest BCUT2D eigenvalue weighted by Crippen LogP contribution is -2.48. The minimum absolute atomic E-state index is 0.212. The predicted octanol–water partition coefficient (Wildman–Crippen LogP) is 2.89. The van der Waals surface area contributed by atoms with Crippen LogP contribution in [0.25, 0.3) is 0 Å². The van der Waals surface area contributed by atoms with Crippen molar-refractivity contribution in [3.05, 3.63) is 60.7 Å². The Morgan fingerprint density at radius 1 is 0.864 bits per heavy atom. The zero-order valence-electron chi connectivity index (χ0n) is 12.7. The van der Waals surface area contributed by atoms with E-state index in [-0.39, 0.29) is 6.04 Å². The van der Waals surface area contributed by atoms with Crippen molar-refractivity contribution in [2.75, 3.05) is 0 Å². The minimum atomic E-state index is -2.03. The quantitative estimate of drug-likeness (QED) is 0.847. The molecule has 0 spiro atoms. The summed E-state index contributed by atoms with van der Waals surface area (Å²) in [4.78, 5) is 0. The molecule has 116 valence electrons. The second kappa shape index (κ2) is 7.06. The van der Waals surface area contributed by atoms with Crippen LogP contribution in [-0.4, -0.2) is 12.1 Å². The average Bonchev–Trinajstić information content (AvgIpc) is 2.58. The van der Waals surface area contributed by atoms with E-state index in [0.717, 1.165) is 12.8 Å². The van der Waals surface area contributed by atoms with Gasteiger partial charge in [-0.3, -0.25) is 5.09 Å². The van der Waals surface area contributed by atoms with Crippen LogP contribution in [0.15, 0.2) is 60.7 Å². The van der Waals surface area contributed by atoms with Crippen LogP contribution in [0.2, 0.25) is 0 Å². The lowest BCUT2D eigenvalue weighted by molar-refractivity contribution is 0.367. The first-order chi connectivity index (χ1) is 10.7. The Balaban J connectivity index is 1.98. The molecular weight excluding hydrogens is 307 g/mol. The van der Waals surface area contributed by atoms with Crippen LogP contribution >= 0.6 is 6.19 Å². The molecule has 1 aliphatic rings. The number of hydrogen-bond acceptors (Lipinski definition) is 2. The average molecular weight is 330 g/mol. The molecule has 0 unspecified atom stereocenters. The molecule has 0 bridgehead atoms. The van der Waals surface area contributed by atoms with Gasteiger partial charge in [-0.05, 0) is 12.8 Å². The molecule has 0 aliphatic heterocycles. The summed E-state index contributed by atoms with van der Waals surface area (Å²) in [5.74, 6) is 0. The van der Waals surface area contributed by atoms with Gasteiger partial charge < -0.3 is 5.73 Å². The maximum Gasteiger partial charge on any atom is 0.0687 e. The van der Waals surface area contributed by atoms with Crippen molar-refractivity contribution < 1.29 is 0 Å². The third-order valence-electron chi connectivity index (χ3n) is 4.41. The van der Waals surface area contributed by atoms with Crippen molar-refractivity contribution in [3.8, 4) is 0 Å². The van der Waals surface area contributed by atoms with E-state index in [1.807, 2.05) is 12.1 Å². The standard InChI is InChI=1S/C18H23N2PS/c19-17-13-7-8-14-18(17)20-21(22,15-9-3-1-4-10-15)16-11-5-2-6-12-16/h1-6,9-12,17-18H,7-8,13-14,19H2,(H,20,22)/t17-,18-/m1/s1. The molecule has 4 heteroatoms. The number of nitrogens with two attached hydrogens (primary N) is 1. The van der Waals surface area contributed by atoms with Gasteiger partial charge in [-0.15, -0.1) is 0 Å². The van der Waals surface area contributed by atoms with Crippen molar-refractivity contribution in [1.29, 1.82) is 0 Å². The topological polar surface area (TPSA) is 38.0 Å². The summed E-state index contributed by atoms with van der Waals surface area (Å²) in [6, 6.07) is 21.5. The first kappa shape index (κ1) is 15.9. The van der Waals surface area contributed by atoms with Crippen molar-refractivity contribution in [3.63, 3.8) is 0 Å². The van der Waals surface area contributed by atoms with Crippen LogP contribution in [-0.2, 0) is 11.8 Å².